The van der Waals surface area contributed by atoms with E-state index in [0.717, 1.165) is 12.8 Å². The minimum absolute atomic E-state index is 0.0379. The van der Waals surface area contributed by atoms with Crippen LogP contribution in [0.2, 0.25) is 0 Å². The molecule has 174 valence electrons. The molecule has 4 N–H and O–H groups in total. The van der Waals surface area contributed by atoms with Crippen LogP contribution >= 0.6 is 0 Å². The molecular formula is C24H43NO5. The molecule has 30 heavy (non-hydrogen) atoms. The number of aliphatic hydroxyl groups is 2. The van der Waals surface area contributed by atoms with Crippen molar-refractivity contribution in [3.05, 3.63) is 23.0 Å². The monoisotopic (exact) mass is 425 g/mol. The summed E-state index contributed by atoms with van der Waals surface area (Å²) >= 11 is 0. The maximum atomic E-state index is 10.3. The number of rotatable bonds is 16. The van der Waals surface area contributed by atoms with Crippen LogP contribution in [0, 0.1) is 6.92 Å². The van der Waals surface area contributed by atoms with Crippen LogP contribution in [0.3, 0.4) is 0 Å². The van der Waals surface area contributed by atoms with Gasteiger partial charge in [0, 0.05) is 23.7 Å². The Labute approximate surface area is 182 Å². The number of hydrogen-bond donors (Lipinski definition) is 4. The predicted molar refractivity (Wildman–Crippen MR) is 120 cm³/mol. The molecule has 0 saturated carbocycles. The minimum Gasteiger partial charge on any atom is -0.506 e. The fourth-order valence-electron chi connectivity index (χ4n) is 3.29. The lowest BCUT2D eigenvalue weighted by molar-refractivity contribution is -0.137. The summed E-state index contributed by atoms with van der Waals surface area (Å²) in [5, 5.41) is 35.5. The van der Waals surface area contributed by atoms with Crippen LogP contribution in [-0.4, -0.2) is 31.4 Å². The van der Waals surface area contributed by atoms with E-state index in [1.807, 2.05) is 0 Å². The number of aliphatic hydroxyl groups excluding tert-OH is 2. The topological polar surface area (TPSA) is 111 Å². The molecule has 6 heteroatoms. The highest BCUT2D eigenvalue weighted by atomic mass is 16.4. The van der Waals surface area contributed by atoms with E-state index in [1.54, 1.807) is 6.92 Å². The molecule has 1 heterocycles. The summed E-state index contributed by atoms with van der Waals surface area (Å²) in [5.41, 5.74) is 1.27. The third-order valence-corrected chi connectivity index (χ3v) is 5.25. The number of nitrogens with zero attached hydrogens (tertiary/aromatic N) is 1. The van der Waals surface area contributed by atoms with E-state index in [4.69, 9.17) is 15.3 Å². The molecule has 0 radical (unpaired) electrons. The Morgan fingerprint density at radius 3 is 1.70 bits per heavy atom. The van der Waals surface area contributed by atoms with Crippen molar-refractivity contribution in [2.75, 3.05) is 0 Å². The third kappa shape index (κ3) is 14.3. The number of aliphatic carboxylic acids is 1. The summed E-state index contributed by atoms with van der Waals surface area (Å²) in [5.74, 6) is -0.692. The van der Waals surface area contributed by atoms with Crippen LogP contribution in [0.5, 0.6) is 5.75 Å². The van der Waals surface area contributed by atoms with Gasteiger partial charge in [0.1, 0.15) is 5.75 Å². The van der Waals surface area contributed by atoms with E-state index in [0.29, 0.717) is 23.2 Å². The number of carboxylic acid groups (broad SMARTS) is 1. The number of unbranched alkanes of at least 4 members (excludes halogenated alkanes) is 12. The van der Waals surface area contributed by atoms with Crippen molar-refractivity contribution < 1.29 is 25.2 Å². The Hall–Kier alpha value is -1.66. The molecule has 0 aliphatic rings. The van der Waals surface area contributed by atoms with Crippen molar-refractivity contribution >= 4 is 5.97 Å². The van der Waals surface area contributed by atoms with Gasteiger partial charge in [0.2, 0.25) is 0 Å². The zero-order valence-corrected chi connectivity index (χ0v) is 19.0. The van der Waals surface area contributed by atoms with Gasteiger partial charge >= 0.3 is 5.97 Å². The van der Waals surface area contributed by atoms with E-state index < -0.39 is 5.97 Å². The number of aryl methyl sites for hydroxylation is 1. The van der Waals surface area contributed by atoms with Crippen molar-refractivity contribution in [3.8, 4) is 5.75 Å². The van der Waals surface area contributed by atoms with Gasteiger partial charge < -0.3 is 20.4 Å². The number of carboxylic acids is 1. The molecule has 0 fully saturated rings. The molecule has 1 aromatic heterocycles. The van der Waals surface area contributed by atoms with Crippen molar-refractivity contribution in [1.29, 1.82) is 0 Å². The van der Waals surface area contributed by atoms with Crippen LogP contribution in [0.4, 0.5) is 0 Å². The van der Waals surface area contributed by atoms with Crippen LogP contribution in [0.15, 0.2) is 6.20 Å². The van der Waals surface area contributed by atoms with Gasteiger partial charge in [0.15, 0.2) is 0 Å². The molecule has 0 amide bonds. The summed E-state index contributed by atoms with van der Waals surface area (Å²) in [6.07, 6.45) is 18.7. The van der Waals surface area contributed by atoms with Crippen LogP contribution in [0.1, 0.15) is 114 Å². The van der Waals surface area contributed by atoms with Crippen LogP contribution in [-0.2, 0) is 18.0 Å². The maximum absolute atomic E-state index is 10.3. The molecule has 1 aromatic rings. The van der Waals surface area contributed by atoms with Crippen LogP contribution in [0.25, 0.3) is 0 Å². The molecular weight excluding hydrogens is 382 g/mol. The highest BCUT2D eigenvalue weighted by Crippen LogP contribution is 2.23. The Morgan fingerprint density at radius 1 is 0.833 bits per heavy atom. The lowest BCUT2D eigenvalue weighted by Crippen LogP contribution is -1.98. The molecule has 0 saturated heterocycles. The number of pyridine rings is 1. The molecule has 0 aromatic carbocycles. The number of aromatic hydroxyl groups is 1. The van der Waals surface area contributed by atoms with Gasteiger partial charge in [-0.15, -0.1) is 0 Å². The first-order chi connectivity index (χ1) is 14.5. The van der Waals surface area contributed by atoms with Crippen molar-refractivity contribution in [2.45, 2.75) is 117 Å². The Balaban J connectivity index is 0.000000604. The molecule has 0 spiro atoms. The smallest absolute Gasteiger partial charge is 0.303 e. The van der Waals surface area contributed by atoms with E-state index in [1.165, 1.54) is 76.8 Å². The van der Waals surface area contributed by atoms with E-state index in [-0.39, 0.29) is 19.0 Å². The van der Waals surface area contributed by atoms with Crippen LogP contribution < -0.4 is 0 Å². The minimum atomic E-state index is -0.655. The van der Waals surface area contributed by atoms with E-state index >= 15 is 0 Å². The Kier molecular flexibility index (Phi) is 18.2. The summed E-state index contributed by atoms with van der Waals surface area (Å²) in [6, 6.07) is 0. The first kappa shape index (κ1) is 28.3. The largest absolute Gasteiger partial charge is 0.506 e. The SMILES string of the molecule is CCCCCCCCCCCCCCCC(=O)O.Cc1ncc(CO)c(CO)c1O. The van der Waals surface area contributed by atoms with Gasteiger partial charge in [0.05, 0.1) is 18.9 Å². The normalized spacial score (nSPS) is 10.5. The van der Waals surface area contributed by atoms with E-state index in [9.17, 15) is 9.90 Å². The van der Waals surface area contributed by atoms with Gasteiger partial charge in [0.25, 0.3) is 0 Å². The fraction of sp³-hybridized carbons (Fsp3) is 0.750. The van der Waals surface area contributed by atoms with Crippen molar-refractivity contribution in [2.24, 2.45) is 0 Å². The molecule has 0 unspecified atom stereocenters. The summed E-state index contributed by atoms with van der Waals surface area (Å²) in [4.78, 5) is 14.1. The number of hydrogen-bond acceptors (Lipinski definition) is 5. The van der Waals surface area contributed by atoms with Gasteiger partial charge in [-0.1, -0.05) is 84.0 Å². The summed E-state index contributed by atoms with van der Waals surface area (Å²) in [6.45, 7) is 3.38. The molecule has 1 rings (SSSR count). The average molecular weight is 426 g/mol. The van der Waals surface area contributed by atoms with Gasteiger partial charge in [-0.2, -0.15) is 0 Å². The van der Waals surface area contributed by atoms with Gasteiger partial charge in [-0.3, -0.25) is 9.78 Å². The second kappa shape index (κ2) is 19.3. The second-order valence-corrected chi connectivity index (χ2v) is 7.90. The lowest BCUT2D eigenvalue weighted by Gasteiger charge is -2.07. The number of aromatic nitrogens is 1. The maximum Gasteiger partial charge on any atom is 0.303 e. The van der Waals surface area contributed by atoms with Gasteiger partial charge in [-0.05, 0) is 13.3 Å². The number of carbonyl (C=O) groups is 1. The Bertz CT molecular complexity index is 563. The molecule has 6 nitrogen and oxygen atoms in total. The summed E-state index contributed by atoms with van der Waals surface area (Å²) < 4.78 is 0. The first-order valence-electron chi connectivity index (χ1n) is 11.6. The van der Waals surface area contributed by atoms with Crippen molar-refractivity contribution in [3.63, 3.8) is 0 Å². The molecule has 0 bridgehead atoms. The highest BCUT2D eigenvalue weighted by molar-refractivity contribution is 5.66. The molecule has 0 atom stereocenters. The fourth-order valence-corrected chi connectivity index (χ4v) is 3.29. The first-order valence-corrected chi connectivity index (χ1v) is 11.6. The Morgan fingerprint density at radius 2 is 1.30 bits per heavy atom. The zero-order chi connectivity index (χ0) is 22.6. The zero-order valence-electron chi connectivity index (χ0n) is 19.0. The van der Waals surface area contributed by atoms with Crippen molar-refractivity contribution in [1.82, 2.24) is 4.98 Å². The summed E-state index contributed by atoms with van der Waals surface area (Å²) in [7, 11) is 0. The van der Waals surface area contributed by atoms with Gasteiger partial charge in [-0.25, -0.2) is 0 Å². The molecule has 0 aliphatic carbocycles. The molecule has 0 aliphatic heterocycles. The average Bonchev–Trinajstić information content (AvgIpc) is 2.73. The predicted octanol–water partition coefficient (Wildman–Crippen LogP) is 5.63. The highest BCUT2D eigenvalue weighted by Gasteiger charge is 2.09. The van der Waals surface area contributed by atoms with E-state index in [2.05, 4.69) is 11.9 Å². The third-order valence-electron chi connectivity index (χ3n) is 5.25. The second-order valence-electron chi connectivity index (χ2n) is 7.90. The lowest BCUT2D eigenvalue weighted by atomic mass is 10.0. The quantitative estimate of drug-likeness (QED) is 0.255. The standard InChI is InChI=1S/C16H32O2.C8H11NO3/c1-2-3-4-5-6-7-8-9-10-11-12-13-14-15-16(17)18;1-5-8(12)7(4-11)6(3-10)2-9-5/h2-15H2,1H3,(H,17,18);2,10-12H,3-4H2,1H3.